The summed E-state index contributed by atoms with van der Waals surface area (Å²) in [5.41, 5.74) is 1.77. The monoisotopic (exact) mass is 397 g/mol. The number of nitrogens with one attached hydrogen (secondary N) is 1. The van der Waals surface area contributed by atoms with Crippen molar-refractivity contribution in [3.8, 4) is 5.69 Å². The molecule has 0 aliphatic carbocycles. The Morgan fingerprint density at radius 2 is 1.61 bits per heavy atom. The van der Waals surface area contributed by atoms with Crippen molar-refractivity contribution in [2.75, 3.05) is 42.9 Å². The number of halogens is 1. The number of hydrogen-bond donors (Lipinski definition) is 1. The molecule has 0 unspecified atom stereocenters. The first kappa shape index (κ1) is 19.9. The van der Waals surface area contributed by atoms with Crippen LogP contribution >= 0.6 is 0 Å². The molecule has 0 spiro atoms. The molecule has 3 aromatic rings. The Kier molecular flexibility index (Phi) is 6.62. The van der Waals surface area contributed by atoms with Gasteiger partial charge in [-0.3, -0.25) is 9.69 Å². The number of carbonyl (C=O) groups excluding carboxylic acids is 1. The molecular formula is C20H22ClN6O-. The van der Waals surface area contributed by atoms with Gasteiger partial charge >= 0.3 is 0 Å². The summed E-state index contributed by atoms with van der Waals surface area (Å²) >= 11 is 0. The molecule has 4 rings (SSSR count). The fourth-order valence-electron chi connectivity index (χ4n) is 3.25. The van der Waals surface area contributed by atoms with Crippen LogP contribution in [-0.4, -0.2) is 58.1 Å². The smallest absolute Gasteiger partial charge is 0.238 e. The van der Waals surface area contributed by atoms with Crippen molar-refractivity contribution in [2.24, 2.45) is 0 Å². The van der Waals surface area contributed by atoms with Crippen molar-refractivity contribution in [1.82, 2.24) is 19.4 Å². The number of carbonyl (C=O) groups is 1. The lowest BCUT2D eigenvalue weighted by molar-refractivity contribution is -0.117. The summed E-state index contributed by atoms with van der Waals surface area (Å²) in [6.07, 6.45) is 7.44. The lowest BCUT2D eigenvalue weighted by Gasteiger charge is -2.34. The van der Waals surface area contributed by atoms with Crippen molar-refractivity contribution in [3.05, 3.63) is 67.3 Å². The number of hydrogen-bond acceptors (Lipinski definition) is 5. The second-order valence-electron chi connectivity index (χ2n) is 6.47. The summed E-state index contributed by atoms with van der Waals surface area (Å²) in [6, 6.07) is 13.6. The molecule has 0 bridgehead atoms. The topological polar surface area (TPSA) is 66.3 Å². The van der Waals surface area contributed by atoms with E-state index in [1.54, 1.807) is 12.4 Å². The summed E-state index contributed by atoms with van der Waals surface area (Å²) < 4.78 is 1.99. The number of benzene rings is 1. The molecule has 1 aromatic carbocycles. The van der Waals surface area contributed by atoms with Gasteiger partial charge in [0.25, 0.3) is 0 Å². The van der Waals surface area contributed by atoms with E-state index in [9.17, 15) is 4.79 Å². The lowest BCUT2D eigenvalue weighted by Crippen LogP contribution is -3.00. The summed E-state index contributed by atoms with van der Waals surface area (Å²) in [6.45, 7) is 3.63. The Hall–Kier alpha value is -2.90. The fourth-order valence-corrected chi connectivity index (χ4v) is 3.25. The number of nitrogens with zero attached hydrogens (tertiary/aromatic N) is 5. The standard InChI is InChI=1S/C20H22N6O.ClH/c27-19(23-17-6-1-2-7-18(17)25-10-3-4-11-25)16-24-12-14-26(15-13-24)20-21-8-5-9-22-20;/h1-11H,12-16H2,(H,23,27);1H/p-1. The Balaban J connectivity index is 0.00000225. The summed E-state index contributed by atoms with van der Waals surface area (Å²) in [4.78, 5) is 25.4. The highest BCUT2D eigenvalue weighted by Crippen LogP contribution is 2.20. The molecule has 1 aliphatic rings. The number of rotatable bonds is 5. The van der Waals surface area contributed by atoms with Gasteiger partial charge in [0, 0.05) is 51.0 Å². The Morgan fingerprint density at radius 1 is 0.929 bits per heavy atom. The molecule has 146 valence electrons. The minimum Gasteiger partial charge on any atom is -1.00 e. The third-order valence-electron chi connectivity index (χ3n) is 4.64. The highest BCUT2D eigenvalue weighted by Gasteiger charge is 2.20. The molecule has 0 saturated carbocycles. The third kappa shape index (κ3) is 4.68. The molecule has 0 atom stereocenters. The molecule has 1 amide bonds. The Labute approximate surface area is 170 Å². The average Bonchev–Trinajstić information content (AvgIpc) is 3.24. The normalized spacial score (nSPS) is 14.4. The number of para-hydroxylation sites is 2. The zero-order valence-electron chi connectivity index (χ0n) is 15.4. The Morgan fingerprint density at radius 3 is 2.32 bits per heavy atom. The molecule has 1 N–H and O–H groups in total. The molecule has 7 nitrogen and oxygen atoms in total. The number of aromatic nitrogens is 3. The van der Waals surface area contributed by atoms with Crippen LogP contribution in [0.25, 0.3) is 5.69 Å². The van der Waals surface area contributed by atoms with Crippen LogP contribution in [0.2, 0.25) is 0 Å². The summed E-state index contributed by atoms with van der Waals surface area (Å²) in [5.74, 6) is 0.751. The van der Waals surface area contributed by atoms with Gasteiger partial charge < -0.3 is 27.2 Å². The molecular weight excluding hydrogens is 376 g/mol. The highest BCUT2D eigenvalue weighted by molar-refractivity contribution is 5.94. The molecule has 1 saturated heterocycles. The van der Waals surface area contributed by atoms with E-state index in [-0.39, 0.29) is 18.3 Å². The first-order valence-corrected chi connectivity index (χ1v) is 9.06. The summed E-state index contributed by atoms with van der Waals surface area (Å²) in [7, 11) is 0. The number of amides is 1. The van der Waals surface area contributed by atoms with Gasteiger partial charge in [-0.2, -0.15) is 0 Å². The van der Waals surface area contributed by atoms with Gasteiger partial charge in [0.15, 0.2) is 0 Å². The van der Waals surface area contributed by atoms with Crippen molar-refractivity contribution < 1.29 is 17.2 Å². The molecule has 0 radical (unpaired) electrons. The zero-order valence-corrected chi connectivity index (χ0v) is 16.2. The van der Waals surface area contributed by atoms with E-state index in [0.29, 0.717) is 6.54 Å². The number of piperazine rings is 1. The minimum absolute atomic E-state index is 0. The first-order valence-electron chi connectivity index (χ1n) is 9.06. The molecule has 28 heavy (non-hydrogen) atoms. The van der Waals surface area contributed by atoms with Gasteiger partial charge in [-0.05, 0) is 30.3 Å². The van der Waals surface area contributed by atoms with Gasteiger partial charge in [0.1, 0.15) is 0 Å². The van der Waals surface area contributed by atoms with Gasteiger partial charge in [-0.1, -0.05) is 12.1 Å². The molecule has 8 heteroatoms. The van der Waals surface area contributed by atoms with Crippen molar-refractivity contribution in [2.45, 2.75) is 0 Å². The predicted octanol–water partition coefficient (Wildman–Crippen LogP) is -0.968. The van der Waals surface area contributed by atoms with Crippen LogP contribution in [0, 0.1) is 0 Å². The predicted molar refractivity (Wildman–Crippen MR) is 105 cm³/mol. The SMILES string of the molecule is O=C(CN1CCN(c2ncccn2)CC1)Nc1ccccc1-n1cccc1.[Cl-]. The van der Waals surface area contributed by atoms with Gasteiger partial charge in [0.2, 0.25) is 11.9 Å². The summed E-state index contributed by atoms with van der Waals surface area (Å²) in [5, 5.41) is 3.05. The maximum Gasteiger partial charge on any atom is 0.238 e. The van der Waals surface area contributed by atoms with Crippen LogP contribution in [0.5, 0.6) is 0 Å². The number of anilines is 2. The van der Waals surface area contributed by atoms with Gasteiger partial charge in [0.05, 0.1) is 17.9 Å². The van der Waals surface area contributed by atoms with Crippen molar-refractivity contribution in [1.29, 1.82) is 0 Å². The fraction of sp³-hybridized carbons (Fsp3) is 0.250. The van der Waals surface area contributed by atoms with Crippen LogP contribution in [-0.2, 0) is 4.79 Å². The largest absolute Gasteiger partial charge is 1.00 e. The maximum absolute atomic E-state index is 12.6. The van der Waals surface area contributed by atoms with Crippen molar-refractivity contribution in [3.63, 3.8) is 0 Å². The van der Waals surface area contributed by atoms with Crippen LogP contribution in [0.15, 0.2) is 67.3 Å². The third-order valence-corrected chi connectivity index (χ3v) is 4.64. The van der Waals surface area contributed by atoms with E-state index in [2.05, 4.69) is 25.1 Å². The molecule has 1 aliphatic heterocycles. The average molecular weight is 398 g/mol. The molecule has 1 fully saturated rings. The molecule has 2 aromatic heterocycles. The van der Waals surface area contributed by atoms with Crippen LogP contribution in [0.4, 0.5) is 11.6 Å². The second kappa shape index (κ2) is 9.34. The van der Waals surface area contributed by atoms with E-state index in [4.69, 9.17) is 0 Å². The van der Waals surface area contributed by atoms with E-state index < -0.39 is 0 Å². The van der Waals surface area contributed by atoms with Crippen molar-refractivity contribution >= 4 is 17.5 Å². The van der Waals surface area contributed by atoms with E-state index in [1.807, 2.05) is 59.4 Å². The maximum atomic E-state index is 12.6. The van der Waals surface area contributed by atoms with E-state index in [0.717, 1.165) is 43.5 Å². The lowest BCUT2D eigenvalue weighted by atomic mass is 10.2. The quantitative estimate of drug-likeness (QED) is 0.600. The van der Waals surface area contributed by atoms with Crippen LogP contribution in [0.3, 0.4) is 0 Å². The van der Waals surface area contributed by atoms with E-state index >= 15 is 0 Å². The van der Waals surface area contributed by atoms with Crippen LogP contribution in [0.1, 0.15) is 0 Å². The Bertz CT molecular complexity index is 879. The molecule has 3 heterocycles. The van der Waals surface area contributed by atoms with Gasteiger partial charge in [-0.15, -0.1) is 0 Å². The van der Waals surface area contributed by atoms with Crippen LogP contribution < -0.4 is 22.6 Å². The van der Waals surface area contributed by atoms with E-state index in [1.165, 1.54) is 0 Å². The first-order chi connectivity index (χ1) is 13.3. The second-order valence-corrected chi connectivity index (χ2v) is 6.47. The van der Waals surface area contributed by atoms with Gasteiger partial charge in [-0.25, -0.2) is 9.97 Å². The zero-order chi connectivity index (χ0) is 18.5. The minimum atomic E-state index is -0.000910. The highest BCUT2D eigenvalue weighted by atomic mass is 35.5.